The average Bonchev–Trinajstić information content (AvgIpc) is 2.21. The van der Waals surface area contributed by atoms with Crippen LogP contribution in [0.5, 0.6) is 0 Å². The molecule has 0 fully saturated rings. The Hall–Kier alpha value is -1.10. The van der Waals surface area contributed by atoms with Crippen molar-refractivity contribution in [1.29, 1.82) is 0 Å². The molecule has 2 N–H and O–H groups in total. The third-order valence-corrected chi connectivity index (χ3v) is 2.18. The van der Waals surface area contributed by atoms with Crippen molar-refractivity contribution in [3.63, 3.8) is 0 Å². The van der Waals surface area contributed by atoms with Crippen molar-refractivity contribution < 1.29 is 14.7 Å². The molecule has 0 radical (unpaired) electrons. The number of hydrogen-bond acceptors (Lipinski definition) is 3. The van der Waals surface area contributed by atoms with Gasteiger partial charge in [-0.3, -0.25) is 9.59 Å². The number of aliphatic carboxylic acids is 1. The summed E-state index contributed by atoms with van der Waals surface area (Å²) >= 11 is 0. The van der Waals surface area contributed by atoms with Gasteiger partial charge in [0.05, 0.1) is 12.5 Å². The van der Waals surface area contributed by atoms with Gasteiger partial charge in [-0.15, -0.1) is 0 Å². The van der Waals surface area contributed by atoms with Crippen molar-refractivity contribution in [1.82, 2.24) is 10.2 Å². The Kier molecular flexibility index (Phi) is 6.70. The minimum Gasteiger partial charge on any atom is -0.481 e. The minimum atomic E-state index is -0.871. The highest BCUT2D eigenvalue weighted by molar-refractivity contribution is 5.79. The van der Waals surface area contributed by atoms with Crippen LogP contribution in [0, 0.1) is 5.92 Å². The lowest BCUT2D eigenvalue weighted by Gasteiger charge is -2.22. The van der Waals surface area contributed by atoms with Crippen LogP contribution in [0.4, 0.5) is 0 Å². The minimum absolute atomic E-state index is 0.0487. The molecule has 0 spiro atoms. The summed E-state index contributed by atoms with van der Waals surface area (Å²) in [6.45, 7) is 7.19. The molecule has 0 aliphatic rings. The maximum absolute atomic E-state index is 11.6. The molecule has 88 valence electrons. The maximum Gasteiger partial charge on any atom is 0.308 e. The van der Waals surface area contributed by atoms with Gasteiger partial charge < -0.3 is 15.3 Å². The molecule has 1 atom stereocenters. The van der Waals surface area contributed by atoms with E-state index in [9.17, 15) is 9.59 Å². The largest absolute Gasteiger partial charge is 0.481 e. The molecule has 0 bridgehead atoms. The highest BCUT2D eigenvalue weighted by Crippen LogP contribution is 2.00. The van der Waals surface area contributed by atoms with Crippen LogP contribution in [0.1, 0.15) is 20.8 Å². The van der Waals surface area contributed by atoms with Gasteiger partial charge in [0, 0.05) is 13.1 Å². The van der Waals surface area contributed by atoms with Crippen molar-refractivity contribution in [2.75, 3.05) is 26.2 Å². The summed E-state index contributed by atoms with van der Waals surface area (Å²) in [6.07, 6.45) is 0. The zero-order chi connectivity index (χ0) is 11.8. The number of rotatable bonds is 7. The third kappa shape index (κ3) is 5.37. The summed E-state index contributed by atoms with van der Waals surface area (Å²) < 4.78 is 0. The van der Waals surface area contributed by atoms with Crippen molar-refractivity contribution >= 4 is 11.9 Å². The monoisotopic (exact) mass is 216 g/mol. The first-order chi connectivity index (χ1) is 7.02. The second kappa shape index (κ2) is 7.23. The van der Waals surface area contributed by atoms with E-state index in [-0.39, 0.29) is 19.0 Å². The van der Waals surface area contributed by atoms with Crippen LogP contribution in [0.2, 0.25) is 0 Å². The quantitative estimate of drug-likeness (QED) is 0.636. The molecule has 1 amide bonds. The molecule has 0 aromatic heterocycles. The summed E-state index contributed by atoms with van der Waals surface area (Å²) in [6, 6.07) is 0. The molecule has 0 saturated carbocycles. The second-order valence-corrected chi connectivity index (χ2v) is 3.45. The lowest BCUT2D eigenvalue weighted by Crippen LogP contribution is -2.41. The lowest BCUT2D eigenvalue weighted by atomic mass is 10.1. The van der Waals surface area contributed by atoms with Gasteiger partial charge in [0.15, 0.2) is 0 Å². The SMILES string of the molecule is CCNCC(=O)N(CC)CC(C)C(=O)O. The molecular formula is C10H20N2O3. The van der Waals surface area contributed by atoms with E-state index in [1.807, 2.05) is 13.8 Å². The van der Waals surface area contributed by atoms with Crippen LogP contribution in [-0.2, 0) is 9.59 Å². The number of nitrogens with one attached hydrogen (secondary N) is 1. The summed E-state index contributed by atoms with van der Waals surface area (Å²) in [5.41, 5.74) is 0. The summed E-state index contributed by atoms with van der Waals surface area (Å²) in [5.74, 6) is -1.44. The number of amides is 1. The van der Waals surface area contributed by atoms with E-state index in [0.29, 0.717) is 6.54 Å². The molecule has 5 heteroatoms. The number of likely N-dealkylation sites (N-methyl/N-ethyl adjacent to an activating group) is 2. The predicted molar refractivity (Wildman–Crippen MR) is 57.6 cm³/mol. The zero-order valence-electron chi connectivity index (χ0n) is 9.62. The van der Waals surface area contributed by atoms with E-state index < -0.39 is 11.9 Å². The Morgan fingerprint density at radius 1 is 1.40 bits per heavy atom. The Morgan fingerprint density at radius 3 is 2.40 bits per heavy atom. The fourth-order valence-electron chi connectivity index (χ4n) is 1.16. The van der Waals surface area contributed by atoms with Crippen molar-refractivity contribution in [3.8, 4) is 0 Å². The summed E-state index contributed by atoms with van der Waals surface area (Å²) in [5, 5.41) is 11.7. The third-order valence-electron chi connectivity index (χ3n) is 2.18. The van der Waals surface area contributed by atoms with E-state index in [1.165, 1.54) is 0 Å². The maximum atomic E-state index is 11.6. The normalized spacial score (nSPS) is 12.2. The number of nitrogens with zero attached hydrogens (tertiary/aromatic N) is 1. The Labute approximate surface area is 90.5 Å². The fraction of sp³-hybridized carbons (Fsp3) is 0.800. The van der Waals surface area contributed by atoms with Gasteiger partial charge >= 0.3 is 5.97 Å². The molecule has 15 heavy (non-hydrogen) atoms. The van der Waals surface area contributed by atoms with Gasteiger partial charge in [0.25, 0.3) is 0 Å². The number of carbonyl (C=O) groups is 2. The molecule has 0 heterocycles. The summed E-state index contributed by atoms with van der Waals surface area (Å²) in [4.78, 5) is 23.8. The number of carbonyl (C=O) groups excluding carboxylic acids is 1. The van der Waals surface area contributed by atoms with Crippen molar-refractivity contribution in [2.45, 2.75) is 20.8 Å². The molecule has 0 aliphatic heterocycles. The Bertz CT molecular complexity index is 219. The predicted octanol–water partition coefficient (Wildman–Crippen LogP) is 0.165. The van der Waals surface area contributed by atoms with Gasteiger partial charge in [0.1, 0.15) is 0 Å². The van der Waals surface area contributed by atoms with Crippen LogP contribution in [-0.4, -0.2) is 48.1 Å². The van der Waals surface area contributed by atoms with Crippen LogP contribution in [0.15, 0.2) is 0 Å². The van der Waals surface area contributed by atoms with E-state index in [4.69, 9.17) is 5.11 Å². The first-order valence-electron chi connectivity index (χ1n) is 5.24. The molecule has 0 aromatic rings. The van der Waals surface area contributed by atoms with Crippen molar-refractivity contribution in [3.05, 3.63) is 0 Å². The van der Waals surface area contributed by atoms with Gasteiger partial charge in [-0.1, -0.05) is 13.8 Å². The van der Waals surface area contributed by atoms with Gasteiger partial charge in [-0.25, -0.2) is 0 Å². The van der Waals surface area contributed by atoms with Gasteiger partial charge in [-0.2, -0.15) is 0 Å². The van der Waals surface area contributed by atoms with Crippen LogP contribution >= 0.6 is 0 Å². The molecule has 0 saturated heterocycles. The molecular weight excluding hydrogens is 196 g/mol. The molecule has 1 unspecified atom stereocenters. The number of hydrogen-bond donors (Lipinski definition) is 2. The lowest BCUT2D eigenvalue weighted by molar-refractivity contribution is -0.142. The van der Waals surface area contributed by atoms with Gasteiger partial charge in [0.2, 0.25) is 5.91 Å². The molecule has 0 aliphatic carbocycles. The topological polar surface area (TPSA) is 69.6 Å². The first kappa shape index (κ1) is 13.9. The van der Waals surface area contributed by atoms with E-state index in [0.717, 1.165) is 6.54 Å². The zero-order valence-corrected chi connectivity index (χ0v) is 9.62. The van der Waals surface area contributed by atoms with Crippen LogP contribution in [0.25, 0.3) is 0 Å². The second-order valence-electron chi connectivity index (χ2n) is 3.45. The molecule has 0 aromatic carbocycles. The number of carboxylic acid groups (broad SMARTS) is 1. The number of carboxylic acids is 1. The highest BCUT2D eigenvalue weighted by atomic mass is 16.4. The smallest absolute Gasteiger partial charge is 0.308 e. The van der Waals surface area contributed by atoms with Gasteiger partial charge in [-0.05, 0) is 13.5 Å². The Balaban J connectivity index is 4.11. The van der Waals surface area contributed by atoms with E-state index in [2.05, 4.69) is 5.32 Å². The highest BCUT2D eigenvalue weighted by Gasteiger charge is 2.18. The van der Waals surface area contributed by atoms with Crippen LogP contribution < -0.4 is 5.32 Å². The standard InChI is InChI=1S/C10H20N2O3/c1-4-11-6-9(13)12(5-2)7-8(3)10(14)15/h8,11H,4-7H2,1-3H3,(H,14,15). The Morgan fingerprint density at radius 2 is 2.00 bits per heavy atom. The van der Waals surface area contributed by atoms with Crippen molar-refractivity contribution in [2.24, 2.45) is 5.92 Å². The van der Waals surface area contributed by atoms with Crippen LogP contribution in [0.3, 0.4) is 0 Å². The first-order valence-corrected chi connectivity index (χ1v) is 5.24. The molecule has 5 nitrogen and oxygen atoms in total. The van der Waals surface area contributed by atoms with E-state index in [1.54, 1.807) is 11.8 Å². The summed E-state index contributed by atoms with van der Waals surface area (Å²) in [7, 11) is 0. The van der Waals surface area contributed by atoms with E-state index >= 15 is 0 Å². The molecule has 0 rings (SSSR count). The average molecular weight is 216 g/mol. The fourth-order valence-corrected chi connectivity index (χ4v) is 1.16.